The van der Waals surface area contributed by atoms with E-state index >= 15 is 0 Å². The summed E-state index contributed by atoms with van der Waals surface area (Å²) in [7, 11) is 0. The Morgan fingerprint density at radius 1 is 0.800 bits per heavy atom. The van der Waals surface area contributed by atoms with Crippen molar-refractivity contribution in [3.63, 3.8) is 0 Å². The molecular weight excluding hydrogens is 244 g/mol. The molecule has 0 bridgehead atoms. The van der Waals surface area contributed by atoms with Crippen molar-refractivity contribution in [3.8, 4) is 0 Å². The molecule has 1 aromatic carbocycles. The molecule has 20 heavy (non-hydrogen) atoms. The normalized spacial score (nSPS) is 12.6. The van der Waals surface area contributed by atoms with Crippen LogP contribution in [0, 0.1) is 0 Å². The third-order valence-corrected chi connectivity index (χ3v) is 4.07. The quantitative estimate of drug-likeness (QED) is 0.505. The lowest BCUT2D eigenvalue weighted by Gasteiger charge is -2.09. The highest BCUT2D eigenvalue weighted by atomic mass is 16.3. The average Bonchev–Trinajstić information content (AvgIpc) is 2.50. The molecule has 1 N–H and O–H groups in total. The molecule has 0 saturated heterocycles. The van der Waals surface area contributed by atoms with Gasteiger partial charge in [-0.2, -0.15) is 0 Å². The standard InChI is InChI=1S/C19H32O/c1-3-5-6-7-8-9-10-11-12-17-13-15-18(16-14-17)19(20)4-2/h13-16,19-20H,3-12H2,1-2H3. The number of hydrogen-bond acceptors (Lipinski definition) is 1. The van der Waals surface area contributed by atoms with E-state index in [2.05, 4.69) is 31.2 Å². The molecule has 1 aromatic rings. The molecule has 1 rings (SSSR count). The number of rotatable bonds is 11. The van der Waals surface area contributed by atoms with Gasteiger partial charge in [0.1, 0.15) is 0 Å². The average molecular weight is 276 g/mol. The first kappa shape index (κ1) is 17.2. The van der Waals surface area contributed by atoms with Gasteiger partial charge in [0, 0.05) is 0 Å². The molecule has 0 heterocycles. The third-order valence-electron chi connectivity index (χ3n) is 4.07. The Morgan fingerprint density at radius 3 is 1.90 bits per heavy atom. The monoisotopic (exact) mass is 276 g/mol. The van der Waals surface area contributed by atoms with Crippen LogP contribution in [0.5, 0.6) is 0 Å². The number of unbranched alkanes of at least 4 members (excludes halogenated alkanes) is 7. The molecule has 0 amide bonds. The van der Waals surface area contributed by atoms with E-state index in [1.54, 1.807) is 0 Å². The van der Waals surface area contributed by atoms with Crippen molar-refractivity contribution in [2.45, 2.75) is 84.2 Å². The molecule has 0 spiro atoms. The largest absolute Gasteiger partial charge is 0.388 e. The van der Waals surface area contributed by atoms with Crippen LogP contribution < -0.4 is 0 Å². The highest BCUT2D eigenvalue weighted by Crippen LogP contribution is 2.18. The van der Waals surface area contributed by atoms with Gasteiger partial charge in [0.15, 0.2) is 0 Å². The first-order valence-corrected chi connectivity index (χ1v) is 8.54. The van der Waals surface area contributed by atoms with Crippen LogP contribution >= 0.6 is 0 Å². The molecule has 0 aromatic heterocycles. The first-order chi connectivity index (χ1) is 9.77. The van der Waals surface area contributed by atoms with Gasteiger partial charge in [-0.25, -0.2) is 0 Å². The van der Waals surface area contributed by atoms with Gasteiger partial charge in [0.05, 0.1) is 6.10 Å². The lowest BCUT2D eigenvalue weighted by Crippen LogP contribution is -1.95. The van der Waals surface area contributed by atoms with Gasteiger partial charge in [-0.3, -0.25) is 0 Å². The van der Waals surface area contributed by atoms with E-state index in [4.69, 9.17) is 0 Å². The summed E-state index contributed by atoms with van der Waals surface area (Å²) >= 11 is 0. The van der Waals surface area contributed by atoms with E-state index < -0.39 is 0 Å². The number of aliphatic hydroxyl groups is 1. The predicted molar refractivity (Wildman–Crippen MR) is 88.0 cm³/mol. The van der Waals surface area contributed by atoms with Crippen molar-refractivity contribution in [2.24, 2.45) is 0 Å². The van der Waals surface area contributed by atoms with E-state index in [1.807, 2.05) is 6.92 Å². The number of benzene rings is 1. The molecule has 0 fully saturated rings. The Bertz CT molecular complexity index is 328. The predicted octanol–water partition coefficient (Wildman–Crippen LogP) is 5.81. The molecule has 114 valence electrons. The molecule has 1 nitrogen and oxygen atoms in total. The fraction of sp³-hybridized carbons (Fsp3) is 0.684. The summed E-state index contributed by atoms with van der Waals surface area (Å²) in [6, 6.07) is 8.51. The topological polar surface area (TPSA) is 20.2 Å². The highest BCUT2D eigenvalue weighted by molar-refractivity contribution is 5.24. The summed E-state index contributed by atoms with van der Waals surface area (Å²) in [5.41, 5.74) is 2.45. The van der Waals surface area contributed by atoms with Crippen LogP contribution in [0.2, 0.25) is 0 Å². The van der Waals surface area contributed by atoms with Crippen molar-refractivity contribution in [3.05, 3.63) is 35.4 Å². The van der Waals surface area contributed by atoms with Gasteiger partial charge in [-0.1, -0.05) is 83.1 Å². The minimum absolute atomic E-state index is 0.299. The molecule has 0 radical (unpaired) electrons. The smallest absolute Gasteiger partial charge is 0.0787 e. The Morgan fingerprint density at radius 2 is 1.35 bits per heavy atom. The zero-order valence-electron chi connectivity index (χ0n) is 13.4. The van der Waals surface area contributed by atoms with E-state index in [0.29, 0.717) is 0 Å². The van der Waals surface area contributed by atoms with Gasteiger partial charge in [0.25, 0.3) is 0 Å². The van der Waals surface area contributed by atoms with Crippen LogP contribution in [0.25, 0.3) is 0 Å². The van der Waals surface area contributed by atoms with Crippen LogP contribution in [-0.4, -0.2) is 5.11 Å². The lowest BCUT2D eigenvalue weighted by molar-refractivity contribution is 0.173. The third kappa shape index (κ3) is 7.09. The van der Waals surface area contributed by atoms with Crippen LogP contribution in [0.3, 0.4) is 0 Å². The lowest BCUT2D eigenvalue weighted by atomic mass is 10.0. The van der Waals surface area contributed by atoms with Gasteiger partial charge in [-0.05, 0) is 30.4 Å². The maximum atomic E-state index is 9.75. The zero-order valence-corrected chi connectivity index (χ0v) is 13.4. The van der Waals surface area contributed by atoms with Crippen molar-refractivity contribution in [2.75, 3.05) is 0 Å². The number of hydrogen-bond donors (Lipinski definition) is 1. The van der Waals surface area contributed by atoms with Crippen molar-refractivity contribution < 1.29 is 5.11 Å². The van der Waals surface area contributed by atoms with Gasteiger partial charge in [-0.15, -0.1) is 0 Å². The minimum Gasteiger partial charge on any atom is -0.388 e. The summed E-state index contributed by atoms with van der Waals surface area (Å²) < 4.78 is 0. The van der Waals surface area contributed by atoms with E-state index in [-0.39, 0.29) is 6.10 Å². The van der Waals surface area contributed by atoms with Crippen LogP contribution in [0.15, 0.2) is 24.3 Å². The Labute approximate surface area is 125 Å². The zero-order chi connectivity index (χ0) is 14.6. The molecule has 1 heteroatoms. The molecule has 0 aliphatic carbocycles. The fourth-order valence-corrected chi connectivity index (χ4v) is 2.61. The van der Waals surface area contributed by atoms with E-state index in [9.17, 15) is 5.11 Å². The number of aryl methyl sites for hydroxylation is 1. The highest BCUT2D eigenvalue weighted by Gasteiger charge is 2.03. The van der Waals surface area contributed by atoms with Gasteiger partial charge < -0.3 is 5.11 Å². The second kappa shape index (κ2) is 10.9. The second-order valence-corrected chi connectivity index (χ2v) is 5.89. The van der Waals surface area contributed by atoms with Gasteiger partial charge in [0.2, 0.25) is 0 Å². The Hall–Kier alpha value is -0.820. The maximum Gasteiger partial charge on any atom is 0.0787 e. The summed E-state index contributed by atoms with van der Waals surface area (Å²) in [4.78, 5) is 0. The first-order valence-electron chi connectivity index (χ1n) is 8.54. The summed E-state index contributed by atoms with van der Waals surface area (Å²) in [5.74, 6) is 0. The fourth-order valence-electron chi connectivity index (χ4n) is 2.61. The SMILES string of the molecule is CCCCCCCCCCc1ccc(C(O)CC)cc1. The minimum atomic E-state index is -0.299. The molecule has 0 saturated carbocycles. The summed E-state index contributed by atoms with van der Waals surface area (Å²) in [6.45, 7) is 4.28. The van der Waals surface area contributed by atoms with Crippen molar-refractivity contribution in [1.29, 1.82) is 0 Å². The van der Waals surface area contributed by atoms with E-state index in [0.717, 1.165) is 12.0 Å². The van der Waals surface area contributed by atoms with E-state index in [1.165, 1.54) is 63.4 Å². The second-order valence-electron chi connectivity index (χ2n) is 5.89. The Kier molecular flexibility index (Phi) is 9.40. The van der Waals surface area contributed by atoms with Crippen LogP contribution in [0.4, 0.5) is 0 Å². The molecule has 0 aliphatic heterocycles. The molecule has 1 atom stereocenters. The van der Waals surface area contributed by atoms with Crippen molar-refractivity contribution in [1.82, 2.24) is 0 Å². The molecule has 1 unspecified atom stereocenters. The summed E-state index contributed by atoms with van der Waals surface area (Å²) in [5, 5.41) is 9.75. The van der Waals surface area contributed by atoms with Gasteiger partial charge >= 0.3 is 0 Å². The maximum absolute atomic E-state index is 9.75. The van der Waals surface area contributed by atoms with Crippen LogP contribution in [-0.2, 0) is 6.42 Å². The van der Waals surface area contributed by atoms with Crippen molar-refractivity contribution >= 4 is 0 Å². The number of aliphatic hydroxyl groups excluding tert-OH is 1. The molecular formula is C19H32O. The Balaban J connectivity index is 2.10. The van der Waals surface area contributed by atoms with Crippen LogP contribution in [0.1, 0.15) is 88.9 Å². The molecule has 0 aliphatic rings. The summed E-state index contributed by atoms with van der Waals surface area (Å²) in [6.07, 6.45) is 12.7.